The monoisotopic (exact) mass is 239 g/mol. The SMILES string of the molecule is CCn1nc(C)cc1CNC(CC)(CC)CO. The van der Waals surface area contributed by atoms with Gasteiger partial charge in [0.05, 0.1) is 18.0 Å². The molecule has 0 aliphatic heterocycles. The molecular weight excluding hydrogens is 214 g/mol. The van der Waals surface area contributed by atoms with Crippen molar-refractivity contribution in [1.82, 2.24) is 15.1 Å². The smallest absolute Gasteiger partial charge is 0.0613 e. The van der Waals surface area contributed by atoms with Gasteiger partial charge in [-0.15, -0.1) is 0 Å². The van der Waals surface area contributed by atoms with Gasteiger partial charge in [-0.3, -0.25) is 4.68 Å². The minimum atomic E-state index is -0.156. The lowest BCUT2D eigenvalue weighted by Gasteiger charge is -2.31. The van der Waals surface area contributed by atoms with E-state index in [0.717, 1.165) is 31.6 Å². The zero-order valence-electron chi connectivity index (χ0n) is 11.5. The molecule has 0 radical (unpaired) electrons. The van der Waals surface area contributed by atoms with Crippen LogP contribution in [-0.4, -0.2) is 27.0 Å². The summed E-state index contributed by atoms with van der Waals surface area (Å²) >= 11 is 0. The fourth-order valence-corrected chi connectivity index (χ4v) is 2.07. The van der Waals surface area contributed by atoms with Crippen LogP contribution >= 0.6 is 0 Å². The lowest BCUT2D eigenvalue weighted by molar-refractivity contribution is 0.148. The summed E-state index contributed by atoms with van der Waals surface area (Å²) in [5.41, 5.74) is 2.08. The summed E-state index contributed by atoms with van der Waals surface area (Å²) in [6, 6.07) is 2.10. The first-order valence-electron chi connectivity index (χ1n) is 6.50. The fraction of sp³-hybridized carbons (Fsp3) is 0.769. The first-order valence-corrected chi connectivity index (χ1v) is 6.50. The highest BCUT2D eigenvalue weighted by molar-refractivity contribution is 5.09. The molecular formula is C13H25N3O. The number of aliphatic hydroxyl groups is 1. The molecule has 4 heteroatoms. The maximum absolute atomic E-state index is 9.50. The highest BCUT2D eigenvalue weighted by Crippen LogP contribution is 2.15. The van der Waals surface area contributed by atoms with Crippen molar-refractivity contribution in [3.8, 4) is 0 Å². The highest BCUT2D eigenvalue weighted by atomic mass is 16.3. The highest BCUT2D eigenvalue weighted by Gasteiger charge is 2.24. The van der Waals surface area contributed by atoms with E-state index < -0.39 is 0 Å². The third-order valence-corrected chi connectivity index (χ3v) is 3.59. The summed E-state index contributed by atoms with van der Waals surface area (Å²) in [5.74, 6) is 0. The van der Waals surface area contributed by atoms with Crippen molar-refractivity contribution in [2.45, 2.75) is 59.2 Å². The van der Waals surface area contributed by atoms with Crippen molar-refractivity contribution in [2.24, 2.45) is 0 Å². The van der Waals surface area contributed by atoms with Gasteiger partial charge in [-0.05, 0) is 32.8 Å². The normalized spacial score (nSPS) is 12.1. The third-order valence-electron chi connectivity index (χ3n) is 3.59. The van der Waals surface area contributed by atoms with Crippen LogP contribution in [0.4, 0.5) is 0 Å². The van der Waals surface area contributed by atoms with Gasteiger partial charge in [0.2, 0.25) is 0 Å². The molecule has 98 valence electrons. The number of aliphatic hydroxyl groups excluding tert-OH is 1. The first-order chi connectivity index (χ1) is 8.10. The predicted molar refractivity (Wildman–Crippen MR) is 69.9 cm³/mol. The van der Waals surface area contributed by atoms with Gasteiger partial charge in [-0.25, -0.2) is 0 Å². The van der Waals surface area contributed by atoms with Gasteiger partial charge in [0.1, 0.15) is 0 Å². The lowest BCUT2D eigenvalue weighted by Crippen LogP contribution is -2.47. The van der Waals surface area contributed by atoms with Gasteiger partial charge in [0.25, 0.3) is 0 Å². The molecule has 0 saturated carbocycles. The molecule has 0 amide bonds. The zero-order valence-corrected chi connectivity index (χ0v) is 11.5. The zero-order chi connectivity index (χ0) is 12.9. The van der Waals surface area contributed by atoms with Gasteiger partial charge in [-0.2, -0.15) is 5.10 Å². The van der Waals surface area contributed by atoms with Gasteiger partial charge >= 0.3 is 0 Å². The van der Waals surface area contributed by atoms with Crippen molar-refractivity contribution in [2.75, 3.05) is 6.61 Å². The molecule has 0 spiro atoms. The van der Waals surface area contributed by atoms with E-state index in [1.165, 1.54) is 5.69 Å². The van der Waals surface area contributed by atoms with Crippen LogP contribution in [0.3, 0.4) is 0 Å². The molecule has 0 aliphatic rings. The number of hydrogen-bond acceptors (Lipinski definition) is 3. The maximum Gasteiger partial charge on any atom is 0.0613 e. The van der Waals surface area contributed by atoms with E-state index in [9.17, 15) is 5.11 Å². The largest absolute Gasteiger partial charge is 0.394 e. The van der Waals surface area contributed by atoms with E-state index in [1.807, 2.05) is 11.6 Å². The molecule has 1 rings (SSSR count). The topological polar surface area (TPSA) is 50.1 Å². The van der Waals surface area contributed by atoms with E-state index in [0.29, 0.717) is 0 Å². The van der Waals surface area contributed by atoms with E-state index >= 15 is 0 Å². The Morgan fingerprint density at radius 3 is 2.47 bits per heavy atom. The molecule has 0 aliphatic carbocycles. The second-order valence-electron chi connectivity index (χ2n) is 4.59. The molecule has 1 heterocycles. The Morgan fingerprint density at radius 1 is 1.35 bits per heavy atom. The Kier molecular flexibility index (Phi) is 5.15. The summed E-state index contributed by atoms with van der Waals surface area (Å²) < 4.78 is 2.01. The maximum atomic E-state index is 9.50. The van der Waals surface area contributed by atoms with E-state index in [-0.39, 0.29) is 12.1 Å². The van der Waals surface area contributed by atoms with Gasteiger partial charge in [0.15, 0.2) is 0 Å². The summed E-state index contributed by atoms with van der Waals surface area (Å²) in [7, 11) is 0. The number of aromatic nitrogens is 2. The van der Waals surface area contributed by atoms with Crippen molar-refractivity contribution < 1.29 is 5.11 Å². The van der Waals surface area contributed by atoms with Crippen LogP contribution < -0.4 is 5.32 Å². The number of rotatable bonds is 7. The Labute approximate surface area is 104 Å². The number of aryl methyl sites for hydroxylation is 2. The molecule has 2 N–H and O–H groups in total. The molecule has 0 bridgehead atoms. The van der Waals surface area contributed by atoms with Crippen molar-refractivity contribution in [3.05, 3.63) is 17.5 Å². The van der Waals surface area contributed by atoms with Crippen LogP contribution in [0.15, 0.2) is 6.07 Å². The standard InChI is InChI=1S/C13H25N3O/c1-5-13(6-2,10-17)14-9-12-8-11(4)15-16(12)7-3/h8,14,17H,5-7,9-10H2,1-4H3. The summed E-state index contributed by atoms with van der Waals surface area (Å²) in [6.45, 7) is 10.1. The fourth-order valence-electron chi connectivity index (χ4n) is 2.07. The molecule has 0 unspecified atom stereocenters. The quantitative estimate of drug-likeness (QED) is 0.763. The van der Waals surface area contributed by atoms with Crippen LogP contribution in [0.5, 0.6) is 0 Å². The lowest BCUT2D eigenvalue weighted by atomic mass is 9.94. The minimum Gasteiger partial charge on any atom is -0.394 e. The average molecular weight is 239 g/mol. The van der Waals surface area contributed by atoms with Gasteiger partial charge < -0.3 is 10.4 Å². The summed E-state index contributed by atoms with van der Waals surface area (Å²) in [6.07, 6.45) is 1.86. The van der Waals surface area contributed by atoms with Crippen LogP contribution in [0.1, 0.15) is 45.0 Å². The van der Waals surface area contributed by atoms with Gasteiger partial charge in [0, 0.05) is 18.6 Å². The van der Waals surface area contributed by atoms with Gasteiger partial charge in [-0.1, -0.05) is 13.8 Å². The predicted octanol–water partition coefficient (Wildman–Crippen LogP) is 1.85. The summed E-state index contributed by atoms with van der Waals surface area (Å²) in [4.78, 5) is 0. The first kappa shape index (κ1) is 14.2. The Balaban J connectivity index is 2.71. The average Bonchev–Trinajstić information content (AvgIpc) is 2.72. The molecule has 4 nitrogen and oxygen atoms in total. The van der Waals surface area contributed by atoms with Crippen LogP contribution in [0.2, 0.25) is 0 Å². The van der Waals surface area contributed by atoms with Crippen LogP contribution in [0.25, 0.3) is 0 Å². The van der Waals surface area contributed by atoms with Crippen LogP contribution in [-0.2, 0) is 13.1 Å². The third kappa shape index (κ3) is 3.30. The van der Waals surface area contributed by atoms with Crippen LogP contribution in [0, 0.1) is 6.92 Å². The molecule has 0 atom stereocenters. The Bertz CT molecular complexity index is 334. The molecule has 0 saturated heterocycles. The molecule has 0 aromatic carbocycles. The van der Waals surface area contributed by atoms with E-state index in [4.69, 9.17) is 0 Å². The Hall–Kier alpha value is -0.870. The minimum absolute atomic E-state index is 0.156. The Morgan fingerprint density at radius 2 is 2.00 bits per heavy atom. The second-order valence-corrected chi connectivity index (χ2v) is 4.59. The number of nitrogens with zero attached hydrogens (tertiary/aromatic N) is 2. The molecule has 1 aromatic heterocycles. The second kappa shape index (κ2) is 6.17. The number of nitrogens with one attached hydrogen (secondary N) is 1. The molecule has 0 fully saturated rings. The van der Waals surface area contributed by atoms with E-state index in [1.54, 1.807) is 0 Å². The molecule has 17 heavy (non-hydrogen) atoms. The van der Waals surface area contributed by atoms with Crippen molar-refractivity contribution in [1.29, 1.82) is 0 Å². The number of hydrogen-bond donors (Lipinski definition) is 2. The molecule has 1 aromatic rings. The van der Waals surface area contributed by atoms with Crippen molar-refractivity contribution in [3.63, 3.8) is 0 Å². The summed E-state index contributed by atoms with van der Waals surface area (Å²) in [5, 5.41) is 17.4. The van der Waals surface area contributed by atoms with E-state index in [2.05, 4.69) is 37.3 Å². The van der Waals surface area contributed by atoms with Crippen molar-refractivity contribution >= 4 is 0 Å².